The second-order valence-corrected chi connectivity index (χ2v) is 18.9. The number of hydrogen-bond donors (Lipinski definition) is 2. The molecule has 60 heavy (non-hydrogen) atoms. The minimum absolute atomic E-state index is 0.00120. The summed E-state index contributed by atoms with van der Waals surface area (Å²) in [5, 5.41) is 0.659. The lowest BCUT2D eigenvalue weighted by Crippen LogP contribution is -2.47. The molecule has 3 aromatic carbocycles. The first-order valence-electron chi connectivity index (χ1n) is 20.1. The van der Waals surface area contributed by atoms with Gasteiger partial charge in [-0.15, -0.1) is 0 Å². The Morgan fingerprint density at radius 3 is 2.60 bits per heavy atom. The van der Waals surface area contributed by atoms with Gasteiger partial charge in [0, 0.05) is 61.8 Å². The first kappa shape index (κ1) is 42.0. The van der Waals surface area contributed by atoms with E-state index in [0.717, 1.165) is 80.5 Å². The SMILES string of the molecule is CC1(C)CCC(CN2CCN(c3ccc(C(=O)NS(=O)(=O)c4cnc(OCC5CCOC(F)C5)c(Cl)c4)c(Oc4cccc5[nH]cnc45)c3)CC2)=C(c2ccc(Cl)cc2)C1. The average molecular weight is 878 g/mol. The van der Waals surface area contributed by atoms with E-state index in [1.54, 1.807) is 36.7 Å². The number of amides is 1. The standard InChI is InChI=1S/C44H47Cl2FN6O6S/c1-44(2)14-12-30(35(23-44)29-6-8-31(45)9-7-29)25-52-15-17-53(18-16-52)32-10-11-34(39(21-32)59-38-5-3-4-37-41(38)50-27-49-37)42(54)51-60(55,56)33-22-36(46)43(48-24-33)58-26-28-13-19-57-40(47)20-28/h3-11,21-22,24,27-28,40H,12-20,23,25-26H2,1-2H3,(H,49,50)(H,51,54). The third-order valence-corrected chi connectivity index (χ3v) is 13.3. The molecule has 0 bridgehead atoms. The molecule has 8 rings (SSSR count). The summed E-state index contributed by atoms with van der Waals surface area (Å²) in [5.41, 5.74) is 6.47. The van der Waals surface area contributed by atoms with Crippen molar-refractivity contribution in [3.05, 3.63) is 106 Å². The summed E-state index contributed by atoms with van der Waals surface area (Å²) in [7, 11) is -4.45. The number of rotatable bonds is 12. The topological polar surface area (TPSA) is 139 Å². The van der Waals surface area contributed by atoms with Crippen LogP contribution in [0.1, 0.15) is 61.9 Å². The number of alkyl halides is 1. The monoisotopic (exact) mass is 876 g/mol. The van der Waals surface area contributed by atoms with Crippen molar-refractivity contribution in [2.24, 2.45) is 11.3 Å². The number of para-hydroxylation sites is 1. The second-order valence-electron chi connectivity index (χ2n) is 16.4. The fourth-order valence-electron chi connectivity index (χ4n) is 8.07. The zero-order valence-corrected chi connectivity index (χ0v) is 35.8. The molecule has 16 heteroatoms. The molecule has 0 radical (unpaired) electrons. The molecule has 2 unspecified atom stereocenters. The zero-order valence-electron chi connectivity index (χ0n) is 33.4. The number of imidazole rings is 1. The molecule has 5 aromatic rings. The molecule has 2 saturated heterocycles. The number of nitrogens with one attached hydrogen (secondary N) is 2. The molecule has 0 saturated carbocycles. The number of fused-ring (bicyclic) bond motifs is 1. The number of halogens is 3. The third-order valence-electron chi connectivity index (χ3n) is 11.5. The molecule has 2 aromatic heterocycles. The quantitative estimate of drug-likeness (QED) is 0.125. The normalized spacial score (nSPS) is 20.0. The summed E-state index contributed by atoms with van der Waals surface area (Å²) in [6.45, 7) is 9.13. The number of nitrogens with zero attached hydrogens (tertiary/aromatic N) is 4. The Labute approximate surface area is 359 Å². The lowest BCUT2D eigenvalue weighted by atomic mass is 9.72. The minimum Gasteiger partial charge on any atom is -0.476 e. The highest BCUT2D eigenvalue weighted by molar-refractivity contribution is 7.90. The van der Waals surface area contributed by atoms with E-state index in [1.807, 2.05) is 18.2 Å². The van der Waals surface area contributed by atoms with Gasteiger partial charge in [-0.3, -0.25) is 9.69 Å². The van der Waals surface area contributed by atoms with Crippen LogP contribution in [0.15, 0.2) is 89.7 Å². The molecular formula is C44H47Cl2FN6O6S. The average Bonchev–Trinajstić information content (AvgIpc) is 3.72. The lowest BCUT2D eigenvalue weighted by Gasteiger charge is -2.39. The predicted octanol–water partition coefficient (Wildman–Crippen LogP) is 9.06. The summed E-state index contributed by atoms with van der Waals surface area (Å²) < 4.78 is 60.0. The van der Waals surface area contributed by atoms with Crippen LogP contribution in [0.3, 0.4) is 0 Å². The van der Waals surface area contributed by atoms with Crippen LogP contribution >= 0.6 is 23.2 Å². The Kier molecular flexibility index (Phi) is 12.4. The second kappa shape index (κ2) is 17.7. The van der Waals surface area contributed by atoms with Crippen LogP contribution in [0, 0.1) is 11.3 Å². The van der Waals surface area contributed by atoms with Gasteiger partial charge in [0.1, 0.15) is 21.2 Å². The van der Waals surface area contributed by atoms with Crippen molar-refractivity contribution in [2.75, 3.05) is 50.8 Å². The molecule has 1 amide bonds. The van der Waals surface area contributed by atoms with Gasteiger partial charge in [-0.2, -0.15) is 0 Å². The van der Waals surface area contributed by atoms with Gasteiger partial charge in [-0.05, 0) is 84.7 Å². The lowest BCUT2D eigenvalue weighted by molar-refractivity contribution is -0.0918. The molecule has 2 atom stereocenters. The van der Waals surface area contributed by atoms with E-state index in [2.05, 4.69) is 55.5 Å². The van der Waals surface area contributed by atoms with Crippen molar-refractivity contribution >= 4 is 61.4 Å². The molecule has 316 valence electrons. The maximum Gasteiger partial charge on any atom is 0.268 e. The molecular weight excluding hydrogens is 830 g/mol. The van der Waals surface area contributed by atoms with Crippen molar-refractivity contribution in [1.82, 2.24) is 24.6 Å². The molecule has 1 aliphatic carbocycles. The summed E-state index contributed by atoms with van der Waals surface area (Å²) >= 11 is 12.6. The summed E-state index contributed by atoms with van der Waals surface area (Å²) in [6.07, 6.45) is 5.26. The van der Waals surface area contributed by atoms with E-state index in [1.165, 1.54) is 16.7 Å². The molecule has 12 nitrogen and oxygen atoms in total. The highest BCUT2D eigenvalue weighted by Gasteiger charge is 2.30. The minimum atomic E-state index is -4.45. The fraction of sp³-hybridized carbons (Fsp3) is 0.386. The van der Waals surface area contributed by atoms with Gasteiger partial charge in [0.2, 0.25) is 5.88 Å². The number of sulfonamides is 1. The van der Waals surface area contributed by atoms with Crippen molar-refractivity contribution in [3.63, 3.8) is 0 Å². The summed E-state index contributed by atoms with van der Waals surface area (Å²) in [4.78, 5) is 29.8. The van der Waals surface area contributed by atoms with Crippen molar-refractivity contribution in [2.45, 2.75) is 57.2 Å². The highest BCUT2D eigenvalue weighted by Crippen LogP contribution is 2.43. The molecule has 2 N–H and O–H groups in total. The summed E-state index contributed by atoms with van der Waals surface area (Å²) in [5.74, 6) is -0.464. The molecule has 0 spiro atoms. The van der Waals surface area contributed by atoms with Gasteiger partial charge in [0.15, 0.2) is 12.1 Å². The molecule has 4 heterocycles. The van der Waals surface area contributed by atoms with E-state index in [4.69, 9.17) is 37.4 Å². The van der Waals surface area contributed by atoms with Crippen molar-refractivity contribution < 1.29 is 31.8 Å². The number of allylic oxidation sites excluding steroid dienone is 1. The molecule has 3 aliphatic rings. The van der Waals surface area contributed by atoms with Gasteiger partial charge in [0.25, 0.3) is 15.9 Å². The number of pyridine rings is 1. The Hall–Kier alpha value is -4.73. The fourth-order valence-corrected chi connectivity index (χ4v) is 9.42. The van der Waals surface area contributed by atoms with Gasteiger partial charge >= 0.3 is 0 Å². The number of H-pyrrole nitrogens is 1. The van der Waals surface area contributed by atoms with E-state index in [0.29, 0.717) is 17.7 Å². The predicted molar refractivity (Wildman–Crippen MR) is 230 cm³/mol. The van der Waals surface area contributed by atoms with E-state index < -0.39 is 22.3 Å². The van der Waals surface area contributed by atoms with Crippen LogP contribution in [-0.2, 0) is 14.8 Å². The van der Waals surface area contributed by atoms with Crippen LogP contribution in [0.25, 0.3) is 16.6 Å². The number of hydrogen-bond acceptors (Lipinski definition) is 10. The van der Waals surface area contributed by atoms with Gasteiger partial charge in [-0.1, -0.05) is 60.8 Å². The first-order chi connectivity index (χ1) is 28.8. The van der Waals surface area contributed by atoms with Crippen LogP contribution < -0.4 is 19.1 Å². The Bertz CT molecular complexity index is 2510. The highest BCUT2D eigenvalue weighted by atomic mass is 35.5. The van der Waals surface area contributed by atoms with Crippen LogP contribution in [0.4, 0.5) is 10.1 Å². The number of ether oxygens (including phenoxy) is 3. The third kappa shape index (κ3) is 9.74. The zero-order chi connectivity index (χ0) is 42.0. The maximum atomic E-state index is 13.9. The number of aromatic nitrogens is 3. The number of piperazine rings is 1. The first-order valence-corrected chi connectivity index (χ1v) is 22.3. The number of carbonyl (C=O) groups excluding carboxylic acids is 1. The van der Waals surface area contributed by atoms with Crippen LogP contribution in [-0.4, -0.2) is 86.5 Å². The van der Waals surface area contributed by atoms with Crippen molar-refractivity contribution in [3.8, 4) is 17.4 Å². The number of anilines is 1. The van der Waals surface area contributed by atoms with Crippen LogP contribution in [0.2, 0.25) is 10.0 Å². The number of benzene rings is 3. The maximum absolute atomic E-state index is 13.9. The Morgan fingerprint density at radius 2 is 1.83 bits per heavy atom. The van der Waals surface area contributed by atoms with Crippen LogP contribution in [0.5, 0.6) is 17.4 Å². The van der Waals surface area contributed by atoms with Crippen molar-refractivity contribution in [1.29, 1.82) is 0 Å². The number of aromatic amines is 1. The molecule has 2 aliphatic heterocycles. The van der Waals surface area contributed by atoms with Gasteiger partial charge < -0.3 is 24.1 Å². The largest absolute Gasteiger partial charge is 0.476 e. The Morgan fingerprint density at radius 1 is 1.03 bits per heavy atom. The number of carbonyl (C=O) groups is 1. The summed E-state index contributed by atoms with van der Waals surface area (Å²) in [6, 6.07) is 19.9. The van der Waals surface area contributed by atoms with E-state index in [9.17, 15) is 17.6 Å². The van der Waals surface area contributed by atoms with Gasteiger partial charge in [-0.25, -0.2) is 27.5 Å². The van der Waals surface area contributed by atoms with E-state index >= 15 is 0 Å². The smallest absolute Gasteiger partial charge is 0.268 e. The van der Waals surface area contributed by atoms with Gasteiger partial charge in [0.05, 0.1) is 36.8 Å². The Balaban J connectivity index is 0.989. The van der Waals surface area contributed by atoms with E-state index in [-0.39, 0.29) is 58.1 Å². The molecule has 2 fully saturated rings.